The zero-order chi connectivity index (χ0) is 15.1. The van der Waals surface area contributed by atoms with Crippen LogP contribution >= 0.6 is 0 Å². The number of hydrogen-bond acceptors (Lipinski definition) is 4. The lowest BCUT2D eigenvalue weighted by atomic mass is 9.94. The molecular formula is C16H26N4O. The maximum absolute atomic E-state index is 11.9. The van der Waals surface area contributed by atoms with Gasteiger partial charge in [0.25, 0.3) is 5.91 Å². The number of nitrogens with zero attached hydrogens (tertiary/aromatic N) is 3. The van der Waals surface area contributed by atoms with Crippen molar-refractivity contribution in [3.05, 3.63) is 23.8 Å². The first-order valence-electron chi connectivity index (χ1n) is 7.94. The van der Waals surface area contributed by atoms with Crippen LogP contribution in [-0.4, -0.2) is 47.0 Å². The van der Waals surface area contributed by atoms with E-state index in [9.17, 15) is 4.79 Å². The van der Waals surface area contributed by atoms with Crippen molar-refractivity contribution in [1.82, 2.24) is 20.2 Å². The molecule has 21 heavy (non-hydrogen) atoms. The van der Waals surface area contributed by atoms with E-state index in [1.54, 1.807) is 6.20 Å². The lowest BCUT2D eigenvalue weighted by Gasteiger charge is -2.31. The molecule has 1 saturated carbocycles. The van der Waals surface area contributed by atoms with Crippen LogP contribution in [0.5, 0.6) is 0 Å². The first kappa shape index (κ1) is 15.9. The molecule has 0 spiro atoms. The quantitative estimate of drug-likeness (QED) is 0.816. The molecule has 0 aromatic carbocycles. The lowest BCUT2D eigenvalue weighted by Crippen LogP contribution is -2.36. The summed E-state index contributed by atoms with van der Waals surface area (Å²) in [5.41, 5.74) is 1.21. The molecular weight excluding hydrogens is 264 g/mol. The normalized spacial score (nSPS) is 16.1. The Morgan fingerprint density at radius 2 is 2.05 bits per heavy atom. The monoisotopic (exact) mass is 290 g/mol. The smallest absolute Gasteiger partial charge is 0.271 e. The molecule has 0 saturated heterocycles. The minimum atomic E-state index is -0.136. The SMILES string of the molecule is Cc1cnc(C(=O)NCCCN(C)C2CCCCC2)cn1. The molecule has 0 atom stereocenters. The van der Waals surface area contributed by atoms with E-state index < -0.39 is 0 Å². The van der Waals surface area contributed by atoms with E-state index in [1.165, 1.54) is 38.3 Å². The third-order valence-corrected chi connectivity index (χ3v) is 4.18. The van der Waals surface area contributed by atoms with Gasteiger partial charge in [-0.3, -0.25) is 9.78 Å². The van der Waals surface area contributed by atoms with E-state index in [0.717, 1.165) is 24.7 Å². The van der Waals surface area contributed by atoms with Crippen molar-refractivity contribution in [2.24, 2.45) is 0 Å². The van der Waals surface area contributed by atoms with Crippen LogP contribution in [0.25, 0.3) is 0 Å². The molecule has 0 aliphatic heterocycles. The van der Waals surface area contributed by atoms with Gasteiger partial charge in [-0.05, 0) is 39.8 Å². The van der Waals surface area contributed by atoms with E-state index >= 15 is 0 Å². The molecule has 1 fully saturated rings. The summed E-state index contributed by atoms with van der Waals surface area (Å²) >= 11 is 0. The number of rotatable bonds is 6. The number of carbonyl (C=O) groups is 1. The highest BCUT2D eigenvalue weighted by molar-refractivity contribution is 5.91. The van der Waals surface area contributed by atoms with Gasteiger partial charge in [0.05, 0.1) is 11.9 Å². The Labute approximate surface area is 127 Å². The third kappa shape index (κ3) is 5.08. The van der Waals surface area contributed by atoms with E-state index in [1.807, 2.05) is 6.92 Å². The van der Waals surface area contributed by atoms with Crippen LogP contribution < -0.4 is 5.32 Å². The third-order valence-electron chi connectivity index (χ3n) is 4.18. The summed E-state index contributed by atoms with van der Waals surface area (Å²) in [6, 6.07) is 0.734. The number of amides is 1. The standard InChI is InChI=1S/C16H26N4O/c1-13-11-19-15(12-18-13)16(21)17-9-6-10-20(2)14-7-4-3-5-8-14/h11-12,14H,3-10H2,1-2H3,(H,17,21). The van der Waals surface area contributed by atoms with Crippen LogP contribution in [0.1, 0.15) is 54.7 Å². The zero-order valence-corrected chi connectivity index (χ0v) is 13.1. The number of aromatic nitrogens is 2. The number of carbonyl (C=O) groups excluding carboxylic acids is 1. The predicted molar refractivity (Wildman–Crippen MR) is 83.2 cm³/mol. The fourth-order valence-electron chi connectivity index (χ4n) is 2.84. The van der Waals surface area contributed by atoms with Crippen molar-refractivity contribution in [1.29, 1.82) is 0 Å². The molecule has 1 heterocycles. The van der Waals surface area contributed by atoms with E-state index in [4.69, 9.17) is 0 Å². The summed E-state index contributed by atoms with van der Waals surface area (Å²) in [5, 5.41) is 2.91. The molecule has 1 aliphatic rings. The summed E-state index contributed by atoms with van der Waals surface area (Å²) in [6.45, 7) is 3.58. The fourth-order valence-corrected chi connectivity index (χ4v) is 2.84. The Balaban J connectivity index is 1.64. The predicted octanol–water partition coefficient (Wildman–Crippen LogP) is 2.17. The second-order valence-corrected chi connectivity index (χ2v) is 5.92. The van der Waals surface area contributed by atoms with Gasteiger partial charge in [-0.1, -0.05) is 19.3 Å². The van der Waals surface area contributed by atoms with Gasteiger partial charge in [0.15, 0.2) is 0 Å². The first-order chi connectivity index (χ1) is 10.2. The Morgan fingerprint density at radius 3 is 2.71 bits per heavy atom. The van der Waals surface area contributed by atoms with Crippen molar-refractivity contribution < 1.29 is 4.79 Å². The topological polar surface area (TPSA) is 58.1 Å². The van der Waals surface area contributed by atoms with Crippen molar-refractivity contribution in [3.8, 4) is 0 Å². The van der Waals surface area contributed by atoms with E-state index in [-0.39, 0.29) is 5.91 Å². The van der Waals surface area contributed by atoms with Crippen molar-refractivity contribution in [2.45, 2.75) is 51.5 Å². The Kier molecular flexibility index (Phi) is 6.11. The second kappa shape index (κ2) is 8.08. The minimum Gasteiger partial charge on any atom is -0.351 e. The van der Waals surface area contributed by atoms with Crippen molar-refractivity contribution in [3.63, 3.8) is 0 Å². The summed E-state index contributed by atoms with van der Waals surface area (Å²) < 4.78 is 0. The number of hydrogen-bond donors (Lipinski definition) is 1. The summed E-state index contributed by atoms with van der Waals surface area (Å²) in [6.07, 6.45) is 10.9. The lowest BCUT2D eigenvalue weighted by molar-refractivity contribution is 0.0945. The van der Waals surface area contributed by atoms with Crippen LogP contribution in [0.3, 0.4) is 0 Å². The fraction of sp³-hybridized carbons (Fsp3) is 0.688. The Morgan fingerprint density at radius 1 is 1.29 bits per heavy atom. The van der Waals surface area contributed by atoms with Gasteiger partial charge >= 0.3 is 0 Å². The van der Waals surface area contributed by atoms with Gasteiger partial charge in [0, 0.05) is 18.8 Å². The highest BCUT2D eigenvalue weighted by Crippen LogP contribution is 2.21. The molecule has 1 amide bonds. The molecule has 5 nitrogen and oxygen atoms in total. The van der Waals surface area contributed by atoms with Crippen LogP contribution in [0.2, 0.25) is 0 Å². The molecule has 116 valence electrons. The number of nitrogens with one attached hydrogen (secondary N) is 1. The van der Waals surface area contributed by atoms with Crippen LogP contribution in [0.15, 0.2) is 12.4 Å². The molecule has 5 heteroatoms. The van der Waals surface area contributed by atoms with Gasteiger partial charge in [0.1, 0.15) is 5.69 Å². The van der Waals surface area contributed by atoms with Gasteiger partial charge in [-0.2, -0.15) is 0 Å². The summed E-state index contributed by atoms with van der Waals surface area (Å²) in [4.78, 5) is 22.5. The molecule has 0 radical (unpaired) electrons. The molecule has 0 bridgehead atoms. The average molecular weight is 290 g/mol. The average Bonchev–Trinajstić information content (AvgIpc) is 2.52. The van der Waals surface area contributed by atoms with Crippen LogP contribution in [0.4, 0.5) is 0 Å². The van der Waals surface area contributed by atoms with Crippen molar-refractivity contribution in [2.75, 3.05) is 20.1 Å². The van der Waals surface area contributed by atoms with Crippen molar-refractivity contribution >= 4 is 5.91 Å². The molecule has 0 unspecified atom stereocenters. The summed E-state index contributed by atoms with van der Waals surface area (Å²) in [7, 11) is 2.20. The largest absolute Gasteiger partial charge is 0.351 e. The Bertz CT molecular complexity index is 440. The first-order valence-corrected chi connectivity index (χ1v) is 7.94. The van der Waals surface area contributed by atoms with Gasteiger partial charge in [-0.15, -0.1) is 0 Å². The molecule has 1 aromatic heterocycles. The highest BCUT2D eigenvalue weighted by Gasteiger charge is 2.17. The molecule has 1 aromatic rings. The molecule has 2 rings (SSSR count). The van der Waals surface area contributed by atoms with E-state index in [0.29, 0.717) is 12.2 Å². The van der Waals surface area contributed by atoms with E-state index in [2.05, 4.69) is 27.2 Å². The highest BCUT2D eigenvalue weighted by atomic mass is 16.1. The maximum Gasteiger partial charge on any atom is 0.271 e. The van der Waals surface area contributed by atoms with Gasteiger partial charge < -0.3 is 10.2 Å². The summed E-state index contributed by atoms with van der Waals surface area (Å²) in [5.74, 6) is -0.136. The second-order valence-electron chi connectivity index (χ2n) is 5.92. The zero-order valence-electron chi connectivity index (χ0n) is 13.1. The molecule has 1 N–H and O–H groups in total. The minimum absolute atomic E-state index is 0.136. The van der Waals surface area contributed by atoms with Gasteiger partial charge in [-0.25, -0.2) is 4.98 Å². The molecule has 1 aliphatic carbocycles. The Hall–Kier alpha value is -1.49. The van der Waals surface area contributed by atoms with Crippen LogP contribution in [0, 0.1) is 6.92 Å². The van der Waals surface area contributed by atoms with Crippen LogP contribution in [-0.2, 0) is 0 Å². The number of aryl methyl sites for hydroxylation is 1. The van der Waals surface area contributed by atoms with Gasteiger partial charge in [0.2, 0.25) is 0 Å². The maximum atomic E-state index is 11.9.